The number of para-hydroxylation sites is 1. The van der Waals surface area contributed by atoms with Gasteiger partial charge in [-0.05, 0) is 66.0 Å². The molecule has 0 fully saturated rings. The van der Waals surface area contributed by atoms with Crippen LogP contribution >= 0.6 is 15.9 Å². The zero-order chi connectivity index (χ0) is 24.7. The normalized spacial score (nSPS) is 17.4. The SMILES string of the molecule is COc1cc(C2(c3ccccc3)C(=O)N(C(=O)OC(C)(C)C)c3ccccc32)cc(Br)c1OC. The number of imide groups is 1. The molecule has 176 valence electrons. The quantitative estimate of drug-likeness (QED) is 0.414. The zero-order valence-corrected chi connectivity index (χ0v) is 21.3. The van der Waals surface area contributed by atoms with Crippen molar-refractivity contribution in [3.63, 3.8) is 0 Å². The molecule has 1 aliphatic heterocycles. The Balaban J connectivity index is 2.06. The van der Waals surface area contributed by atoms with Crippen molar-refractivity contribution in [1.82, 2.24) is 0 Å². The molecule has 7 heteroatoms. The van der Waals surface area contributed by atoms with Gasteiger partial charge in [0.25, 0.3) is 5.91 Å². The Bertz CT molecular complexity index is 1250. The molecule has 34 heavy (non-hydrogen) atoms. The minimum Gasteiger partial charge on any atom is -0.493 e. The first-order chi connectivity index (χ1) is 16.1. The van der Waals surface area contributed by atoms with Gasteiger partial charge in [-0.15, -0.1) is 0 Å². The zero-order valence-electron chi connectivity index (χ0n) is 19.7. The van der Waals surface area contributed by atoms with Crippen LogP contribution in [0.3, 0.4) is 0 Å². The lowest BCUT2D eigenvalue weighted by Crippen LogP contribution is -2.46. The molecule has 6 nitrogen and oxygen atoms in total. The van der Waals surface area contributed by atoms with E-state index in [-0.39, 0.29) is 0 Å². The lowest BCUT2D eigenvalue weighted by molar-refractivity contribution is -0.120. The van der Waals surface area contributed by atoms with Crippen molar-refractivity contribution in [2.75, 3.05) is 19.1 Å². The fourth-order valence-corrected chi connectivity index (χ4v) is 5.02. The molecule has 0 saturated heterocycles. The maximum atomic E-state index is 14.4. The molecule has 0 saturated carbocycles. The number of fused-ring (bicyclic) bond motifs is 1. The second kappa shape index (κ2) is 8.80. The van der Waals surface area contributed by atoms with Crippen molar-refractivity contribution in [3.8, 4) is 11.5 Å². The van der Waals surface area contributed by atoms with E-state index in [1.54, 1.807) is 53.2 Å². The topological polar surface area (TPSA) is 65.1 Å². The van der Waals surface area contributed by atoms with Crippen LogP contribution in [0.15, 0.2) is 71.2 Å². The molecule has 0 radical (unpaired) electrons. The molecular formula is C27H26BrNO5. The Morgan fingerprint density at radius 2 is 1.56 bits per heavy atom. The van der Waals surface area contributed by atoms with Crippen LogP contribution in [-0.2, 0) is 14.9 Å². The van der Waals surface area contributed by atoms with Gasteiger partial charge >= 0.3 is 6.09 Å². The van der Waals surface area contributed by atoms with Crippen LogP contribution in [-0.4, -0.2) is 31.8 Å². The third kappa shape index (κ3) is 3.74. The highest BCUT2D eigenvalue weighted by molar-refractivity contribution is 9.10. The summed E-state index contributed by atoms with van der Waals surface area (Å²) in [7, 11) is 3.09. The molecule has 1 atom stereocenters. The number of amides is 2. The summed E-state index contributed by atoms with van der Waals surface area (Å²) in [5.41, 5.74) is 0.435. The van der Waals surface area contributed by atoms with Gasteiger partial charge < -0.3 is 14.2 Å². The van der Waals surface area contributed by atoms with E-state index in [9.17, 15) is 9.59 Å². The van der Waals surface area contributed by atoms with Gasteiger partial charge in [-0.25, -0.2) is 9.69 Å². The molecule has 0 aromatic heterocycles. The Kier molecular flexibility index (Phi) is 6.16. The highest BCUT2D eigenvalue weighted by Crippen LogP contribution is 2.53. The third-order valence-corrected chi connectivity index (χ3v) is 6.31. The fourth-order valence-electron chi connectivity index (χ4n) is 4.41. The number of ether oxygens (including phenoxy) is 3. The van der Waals surface area contributed by atoms with Crippen molar-refractivity contribution in [3.05, 3.63) is 87.9 Å². The largest absolute Gasteiger partial charge is 0.493 e. The van der Waals surface area contributed by atoms with Crippen LogP contribution in [0.2, 0.25) is 0 Å². The van der Waals surface area contributed by atoms with Crippen molar-refractivity contribution < 1.29 is 23.8 Å². The summed E-state index contributed by atoms with van der Waals surface area (Å²) in [6, 6.07) is 20.3. The number of hydrogen-bond acceptors (Lipinski definition) is 5. The highest BCUT2D eigenvalue weighted by atomic mass is 79.9. The Hall–Kier alpha value is -3.32. The first-order valence-electron chi connectivity index (χ1n) is 10.8. The summed E-state index contributed by atoms with van der Waals surface area (Å²) in [4.78, 5) is 28.9. The number of benzene rings is 3. The van der Waals surface area contributed by atoms with Crippen LogP contribution in [0.5, 0.6) is 11.5 Å². The third-order valence-electron chi connectivity index (χ3n) is 5.72. The van der Waals surface area contributed by atoms with E-state index >= 15 is 0 Å². The van der Waals surface area contributed by atoms with Crippen LogP contribution in [0.4, 0.5) is 10.5 Å². The highest BCUT2D eigenvalue weighted by Gasteiger charge is 2.56. The summed E-state index contributed by atoms with van der Waals surface area (Å²) in [5.74, 6) is 0.550. The average Bonchev–Trinajstić information content (AvgIpc) is 3.06. The van der Waals surface area contributed by atoms with Crippen LogP contribution in [0.25, 0.3) is 0 Å². The van der Waals surface area contributed by atoms with Crippen molar-refractivity contribution in [2.24, 2.45) is 0 Å². The van der Waals surface area contributed by atoms with E-state index in [0.29, 0.717) is 32.8 Å². The molecule has 3 aromatic rings. The van der Waals surface area contributed by atoms with Crippen molar-refractivity contribution >= 4 is 33.6 Å². The molecule has 1 unspecified atom stereocenters. The van der Waals surface area contributed by atoms with E-state index in [2.05, 4.69) is 15.9 Å². The fraction of sp³-hybridized carbons (Fsp3) is 0.259. The molecule has 0 bridgehead atoms. The molecule has 1 heterocycles. The monoisotopic (exact) mass is 523 g/mol. The first kappa shape index (κ1) is 23.8. The lowest BCUT2D eigenvalue weighted by atomic mass is 9.70. The first-order valence-corrected chi connectivity index (χ1v) is 11.6. The molecule has 3 aromatic carbocycles. The van der Waals surface area contributed by atoms with E-state index in [4.69, 9.17) is 14.2 Å². The predicted molar refractivity (Wildman–Crippen MR) is 134 cm³/mol. The molecule has 2 amide bonds. The standard InChI is InChI=1S/C27H26BrNO5/c1-26(2,3)34-25(31)29-21-14-10-9-13-19(21)27(24(29)30,17-11-7-6-8-12-17)18-15-20(28)23(33-5)22(16-18)32-4/h6-16H,1-5H3. The van der Waals surface area contributed by atoms with Gasteiger partial charge in [0, 0.05) is 5.56 Å². The molecule has 0 N–H and O–H groups in total. The van der Waals surface area contributed by atoms with Gasteiger partial charge in [-0.2, -0.15) is 0 Å². The van der Waals surface area contributed by atoms with Crippen LogP contribution in [0.1, 0.15) is 37.5 Å². The summed E-state index contributed by atoms with van der Waals surface area (Å²) in [6.07, 6.45) is -0.720. The number of nitrogens with zero attached hydrogens (tertiary/aromatic N) is 1. The van der Waals surface area contributed by atoms with Crippen LogP contribution < -0.4 is 14.4 Å². The van der Waals surface area contributed by atoms with E-state index in [0.717, 1.165) is 10.5 Å². The maximum absolute atomic E-state index is 14.4. The van der Waals surface area contributed by atoms with Gasteiger partial charge in [-0.1, -0.05) is 48.5 Å². The summed E-state index contributed by atoms with van der Waals surface area (Å²) >= 11 is 3.56. The minimum absolute atomic E-state index is 0.423. The van der Waals surface area contributed by atoms with Gasteiger partial charge in [0.1, 0.15) is 11.0 Å². The minimum atomic E-state index is -1.31. The number of anilines is 1. The van der Waals surface area contributed by atoms with Gasteiger partial charge in [0.15, 0.2) is 11.5 Å². The molecule has 0 aliphatic carbocycles. The number of halogens is 1. The second-order valence-corrected chi connectivity index (χ2v) is 9.80. The lowest BCUT2D eigenvalue weighted by Gasteiger charge is -2.31. The average molecular weight is 524 g/mol. The molecule has 0 spiro atoms. The van der Waals surface area contributed by atoms with Crippen LogP contribution in [0, 0.1) is 0 Å². The van der Waals surface area contributed by atoms with E-state index in [1.165, 1.54) is 0 Å². The number of rotatable bonds is 4. The summed E-state index contributed by atoms with van der Waals surface area (Å²) in [5, 5.41) is 0. The van der Waals surface area contributed by atoms with Gasteiger partial charge in [-0.3, -0.25) is 4.79 Å². The molecular weight excluding hydrogens is 498 g/mol. The molecule has 1 aliphatic rings. The van der Waals surface area contributed by atoms with Gasteiger partial charge in [0.05, 0.1) is 24.4 Å². The number of hydrogen-bond donors (Lipinski definition) is 0. The second-order valence-electron chi connectivity index (χ2n) is 8.95. The smallest absolute Gasteiger partial charge is 0.421 e. The maximum Gasteiger partial charge on any atom is 0.421 e. The predicted octanol–water partition coefficient (Wildman–Crippen LogP) is 6.08. The number of methoxy groups -OCH3 is 2. The summed E-state index contributed by atoms with van der Waals surface area (Å²) < 4.78 is 17.3. The number of carbonyl (C=O) groups is 2. The Morgan fingerprint density at radius 1 is 0.912 bits per heavy atom. The van der Waals surface area contributed by atoms with Gasteiger partial charge in [0.2, 0.25) is 0 Å². The van der Waals surface area contributed by atoms with E-state index < -0.39 is 23.0 Å². The van der Waals surface area contributed by atoms with Crippen molar-refractivity contribution in [2.45, 2.75) is 31.8 Å². The molecule has 4 rings (SSSR count). The summed E-state index contributed by atoms with van der Waals surface area (Å²) in [6.45, 7) is 5.31. The Labute approximate surface area is 207 Å². The van der Waals surface area contributed by atoms with Crippen molar-refractivity contribution in [1.29, 1.82) is 0 Å². The Morgan fingerprint density at radius 3 is 2.18 bits per heavy atom. The van der Waals surface area contributed by atoms with E-state index in [1.807, 2.05) is 48.5 Å². The number of carbonyl (C=O) groups excluding carboxylic acids is 2.